The molecule has 0 spiro atoms. The van der Waals surface area contributed by atoms with Crippen LogP contribution in [0.15, 0.2) is 35.3 Å². The first-order valence-electron chi connectivity index (χ1n) is 10.1. The smallest absolute Gasteiger partial charge is 0.191 e. The average molecular weight is 488 g/mol. The summed E-state index contributed by atoms with van der Waals surface area (Å²) in [6.07, 6.45) is 2.37. The van der Waals surface area contributed by atoms with E-state index in [1.165, 1.54) is 25.1 Å². The Morgan fingerprint density at radius 1 is 1.26 bits per heavy atom. The highest BCUT2D eigenvalue weighted by atomic mass is 127. The lowest BCUT2D eigenvalue weighted by atomic mass is 10.1. The number of hydrogen-bond acceptors (Lipinski definition) is 3. The fourth-order valence-electron chi connectivity index (χ4n) is 3.27. The van der Waals surface area contributed by atoms with Crippen molar-refractivity contribution in [3.63, 3.8) is 0 Å². The number of nitrogens with one attached hydrogen (secondary N) is 2. The molecule has 1 aromatic carbocycles. The topological polar surface area (TPSA) is 48.9 Å². The molecule has 2 rings (SSSR count). The van der Waals surface area contributed by atoms with Crippen molar-refractivity contribution in [2.75, 3.05) is 45.9 Å². The van der Waals surface area contributed by atoms with Crippen LogP contribution in [-0.4, -0.2) is 56.7 Å². The van der Waals surface area contributed by atoms with Crippen molar-refractivity contribution in [1.82, 2.24) is 15.5 Å². The molecule has 0 amide bonds. The minimum absolute atomic E-state index is 0. The molecule has 1 aromatic rings. The molecule has 5 nitrogen and oxygen atoms in total. The minimum atomic E-state index is 0. The number of nitrogens with zero attached hydrogens (tertiary/aromatic N) is 2. The van der Waals surface area contributed by atoms with Crippen molar-refractivity contribution in [3.05, 3.63) is 35.9 Å². The molecule has 1 heterocycles. The van der Waals surface area contributed by atoms with E-state index in [-0.39, 0.29) is 30.1 Å². The molecule has 0 aromatic heterocycles. The first-order chi connectivity index (χ1) is 12.7. The number of ether oxygens (including phenoxy) is 1. The first kappa shape index (κ1) is 24.2. The molecule has 1 aliphatic heterocycles. The van der Waals surface area contributed by atoms with E-state index < -0.39 is 0 Å². The monoisotopic (exact) mass is 488 g/mol. The zero-order valence-corrected chi connectivity index (χ0v) is 19.4. The lowest BCUT2D eigenvalue weighted by molar-refractivity contribution is 0.0646. The fraction of sp³-hybridized carbons (Fsp3) is 0.667. The molecule has 1 saturated heterocycles. The molecule has 154 valence electrons. The van der Waals surface area contributed by atoms with Gasteiger partial charge in [-0.15, -0.1) is 24.0 Å². The van der Waals surface area contributed by atoms with Gasteiger partial charge in [0, 0.05) is 32.8 Å². The van der Waals surface area contributed by atoms with E-state index in [1.54, 1.807) is 0 Å². The minimum Gasteiger partial charge on any atom is -0.374 e. The molecule has 27 heavy (non-hydrogen) atoms. The summed E-state index contributed by atoms with van der Waals surface area (Å²) in [6, 6.07) is 10.4. The molecule has 0 aliphatic carbocycles. The van der Waals surface area contributed by atoms with Gasteiger partial charge in [-0.05, 0) is 51.3 Å². The Morgan fingerprint density at radius 3 is 2.70 bits per heavy atom. The van der Waals surface area contributed by atoms with Crippen LogP contribution in [0.25, 0.3) is 0 Å². The summed E-state index contributed by atoms with van der Waals surface area (Å²) in [5.41, 5.74) is 1.23. The summed E-state index contributed by atoms with van der Waals surface area (Å²) in [5, 5.41) is 6.77. The molecule has 6 heteroatoms. The van der Waals surface area contributed by atoms with Crippen molar-refractivity contribution in [1.29, 1.82) is 0 Å². The zero-order chi connectivity index (χ0) is 18.6. The molecule has 2 N–H and O–H groups in total. The van der Waals surface area contributed by atoms with Crippen LogP contribution >= 0.6 is 24.0 Å². The molecule has 2 atom stereocenters. The molecule has 1 fully saturated rings. The lowest BCUT2D eigenvalue weighted by Gasteiger charge is -2.15. The second kappa shape index (κ2) is 14.2. The Hall–Kier alpha value is -0.860. The van der Waals surface area contributed by atoms with Crippen molar-refractivity contribution in [3.8, 4) is 0 Å². The summed E-state index contributed by atoms with van der Waals surface area (Å²) in [6.45, 7) is 13.4. The van der Waals surface area contributed by atoms with Crippen LogP contribution in [0.1, 0.15) is 45.3 Å². The average Bonchev–Trinajstić information content (AvgIpc) is 3.14. The van der Waals surface area contributed by atoms with Gasteiger partial charge in [0.1, 0.15) is 0 Å². The van der Waals surface area contributed by atoms with Crippen LogP contribution < -0.4 is 10.6 Å². The lowest BCUT2D eigenvalue weighted by Crippen LogP contribution is -2.38. The van der Waals surface area contributed by atoms with Gasteiger partial charge in [0.15, 0.2) is 5.96 Å². The van der Waals surface area contributed by atoms with Crippen molar-refractivity contribution < 1.29 is 4.74 Å². The molecule has 0 radical (unpaired) electrons. The van der Waals surface area contributed by atoms with E-state index in [0.29, 0.717) is 5.92 Å². The van der Waals surface area contributed by atoms with Gasteiger partial charge in [-0.25, -0.2) is 0 Å². The predicted octanol–water partition coefficient (Wildman–Crippen LogP) is 3.67. The number of hydrogen-bond donors (Lipinski definition) is 2. The number of halogens is 1. The van der Waals surface area contributed by atoms with Gasteiger partial charge < -0.3 is 20.3 Å². The molecule has 0 saturated carbocycles. The maximum Gasteiger partial charge on any atom is 0.191 e. The standard InChI is InChI=1S/C21H36N4O.HI/c1-4-22-21(24-16-19-12-14-25(5-2)17-19)23-13-9-15-26-18(3)20-10-7-6-8-11-20;/h6-8,10-11,18-19H,4-5,9,12-17H2,1-3H3,(H2,22,23,24);1H. The SMILES string of the molecule is CCNC(=NCC1CCN(CC)C1)NCCCOC(C)c1ccccc1.I. The number of benzene rings is 1. The van der Waals surface area contributed by atoms with E-state index in [9.17, 15) is 0 Å². The van der Waals surface area contributed by atoms with Gasteiger partial charge in [0.2, 0.25) is 0 Å². The van der Waals surface area contributed by atoms with Crippen LogP contribution in [0.5, 0.6) is 0 Å². The highest BCUT2D eigenvalue weighted by Crippen LogP contribution is 2.16. The molecule has 2 unspecified atom stereocenters. The maximum absolute atomic E-state index is 5.93. The fourth-order valence-corrected chi connectivity index (χ4v) is 3.27. The highest BCUT2D eigenvalue weighted by Gasteiger charge is 2.20. The summed E-state index contributed by atoms with van der Waals surface area (Å²) in [5.74, 6) is 1.62. The summed E-state index contributed by atoms with van der Waals surface area (Å²) in [4.78, 5) is 7.28. The normalized spacial score (nSPS) is 18.8. The molecular weight excluding hydrogens is 451 g/mol. The van der Waals surface area contributed by atoms with Crippen molar-refractivity contribution >= 4 is 29.9 Å². The van der Waals surface area contributed by atoms with Gasteiger partial charge >= 0.3 is 0 Å². The van der Waals surface area contributed by atoms with Crippen LogP contribution in [0.4, 0.5) is 0 Å². The van der Waals surface area contributed by atoms with E-state index in [4.69, 9.17) is 9.73 Å². The number of aliphatic imine (C=N–C) groups is 1. The first-order valence-corrected chi connectivity index (χ1v) is 10.1. The third-order valence-electron chi connectivity index (χ3n) is 4.92. The Balaban J connectivity index is 0.00000364. The third kappa shape index (κ3) is 9.25. The van der Waals surface area contributed by atoms with Crippen LogP contribution in [0.3, 0.4) is 0 Å². The van der Waals surface area contributed by atoms with Crippen LogP contribution in [0, 0.1) is 5.92 Å². The Labute approximate surface area is 182 Å². The van der Waals surface area contributed by atoms with Gasteiger partial charge in [-0.2, -0.15) is 0 Å². The number of guanidine groups is 1. The Morgan fingerprint density at radius 2 is 2.04 bits per heavy atom. The Bertz CT molecular complexity index is 526. The second-order valence-corrected chi connectivity index (χ2v) is 6.97. The molecular formula is C21H37IN4O. The molecule has 1 aliphatic rings. The quantitative estimate of drug-likeness (QED) is 0.229. The van der Waals surface area contributed by atoms with Crippen molar-refractivity contribution in [2.24, 2.45) is 10.9 Å². The van der Waals surface area contributed by atoms with Crippen molar-refractivity contribution in [2.45, 2.75) is 39.7 Å². The summed E-state index contributed by atoms with van der Waals surface area (Å²) >= 11 is 0. The zero-order valence-electron chi connectivity index (χ0n) is 17.1. The third-order valence-corrected chi connectivity index (χ3v) is 4.92. The maximum atomic E-state index is 5.93. The van der Waals surface area contributed by atoms with Crippen LogP contribution in [0.2, 0.25) is 0 Å². The second-order valence-electron chi connectivity index (χ2n) is 6.97. The predicted molar refractivity (Wildman–Crippen MR) is 125 cm³/mol. The summed E-state index contributed by atoms with van der Waals surface area (Å²) in [7, 11) is 0. The van der Waals surface area contributed by atoms with Gasteiger partial charge in [-0.3, -0.25) is 4.99 Å². The Kier molecular flexibility index (Phi) is 12.7. The van der Waals surface area contributed by atoms with E-state index in [2.05, 4.69) is 60.6 Å². The number of likely N-dealkylation sites (tertiary alicyclic amines) is 1. The number of rotatable bonds is 10. The molecule has 0 bridgehead atoms. The largest absolute Gasteiger partial charge is 0.374 e. The van der Waals surface area contributed by atoms with E-state index >= 15 is 0 Å². The van der Waals surface area contributed by atoms with Gasteiger partial charge in [-0.1, -0.05) is 37.3 Å². The van der Waals surface area contributed by atoms with E-state index in [0.717, 1.165) is 45.2 Å². The van der Waals surface area contributed by atoms with Gasteiger partial charge in [0.05, 0.1) is 6.10 Å². The van der Waals surface area contributed by atoms with Crippen LogP contribution in [-0.2, 0) is 4.74 Å². The van der Waals surface area contributed by atoms with E-state index in [1.807, 2.05) is 6.07 Å². The highest BCUT2D eigenvalue weighted by molar-refractivity contribution is 14.0. The van der Waals surface area contributed by atoms with Gasteiger partial charge in [0.25, 0.3) is 0 Å². The summed E-state index contributed by atoms with van der Waals surface area (Å²) < 4.78 is 5.93.